The van der Waals surface area contributed by atoms with Crippen LogP contribution in [0.3, 0.4) is 0 Å². The second-order valence-corrected chi connectivity index (χ2v) is 4.79. The van der Waals surface area contributed by atoms with Crippen LogP contribution < -0.4 is 5.32 Å². The maximum absolute atomic E-state index is 12.1. The van der Waals surface area contributed by atoms with E-state index in [9.17, 15) is 4.79 Å². The predicted octanol–water partition coefficient (Wildman–Crippen LogP) is 1.99. The molecule has 0 saturated carbocycles. The number of aromatic amines is 1. The van der Waals surface area contributed by atoms with Crippen LogP contribution in [0.4, 0.5) is 0 Å². The number of amides is 1. The predicted molar refractivity (Wildman–Crippen MR) is 79.6 cm³/mol. The first-order chi connectivity index (χ1) is 10.3. The van der Waals surface area contributed by atoms with Gasteiger partial charge in [0.05, 0.1) is 24.0 Å². The minimum Gasteiger partial charge on any atom is -0.392 e. The van der Waals surface area contributed by atoms with Gasteiger partial charge in [0.1, 0.15) is 0 Å². The smallest absolute Gasteiger partial charge is 0.251 e. The molecule has 3 aromatic rings. The van der Waals surface area contributed by atoms with Gasteiger partial charge in [-0.3, -0.25) is 4.79 Å². The number of fused-ring (bicyclic) bond motifs is 1. The lowest BCUT2D eigenvalue weighted by Gasteiger charge is -2.06. The lowest BCUT2D eigenvalue weighted by atomic mass is 10.1. The number of H-pyrrole nitrogens is 1. The summed E-state index contributed by atoms with van der Waals surface area (Å²) < 4.78 is 0. The van der Waals surface area contributed by atoms with E-state index in [4.69, 9.17) is 5.11 Å². The summed E-state index contributed by atoms with van der Waals surface area (Å²) in [7, 11) is 0. The molecule has 0 unspecified atom stereocenters. The van der Waals surface area contributed by atoms with Crippen LogP contribution in [0, 0.1) is 0 Å². The standard InChI is InChI=1S/C16H15N3O2/c20-9-12-3-1-11(2-4-12)8-17-16(21)13-5-6-14-15(7-13)19-10-18-14/h1-7,10,20H,8-9H2,(H,17,21)(H,18,19). The minimum absolute atomic E-state index is 0.0246. The molecule has 5 heteroatoms. The van der Waals surface area contributed by atoms with Crippen molar-refractivity contribution in [3.05, 3.63) is 65.5 Å². The van der Waals surface area contributed by atoms with Crippen molar-refractivity contribution in [3.63, 3.8) is 0 Å². The van der Waals surface area contributed by atoms with Crippen LogP contribution in [-0.4, -0.2) is 21.0 Å². The summed E-state index contributed by atoms with van der Waals surface area (Å²) in [6.45, 7) is 0.475. The van der Waals surface area contributed by atoms with E-state index < -0.39 is 0 Å². The Balaban J connectivity index is 1.67. The molecule has 2 aromatic carbocycles. The van der Waals surface area contributed by atoms with Crippen molar-refractivity contribution in [1.82, 2.24) is 15.3 Å². The number of imidazole rings is 1. The SMILES string of the molecule is O=C(NCc1ccc(CO)cc1)c1ccc2nc[nH]c2c1. The summed E-state index contributed by atoms with van der Waals surface area (Å²) in [5, 5.41) is 11.9. The fourth-order valence-corrected chi connectivity index (χ4v) is 2.12. The molecular weight excluding hydrogens is 266 g/mol. The Morgan fingerprint density at radius 1 is 1.14 bits per heavy atom. The number of hydrogen-bond acceptors (Lipinski definition) is 3. The summed E-state index contributed by atoms with van der Waals surface area (Å²) >= 11 is 0. The number of aromatic nitrogens is 2. The third-order valence-corrected chi connectivity index (χ3v) is 3.34. The van der Waals surface area contributed by atoms with Gasteiger partial charge < -0.3 is 15.4 Å². The van der Waals surface area contributed by atoms with Gasteiger partial charge in [0.25, 0.3) is 5.91 Å². The van der Waals surface area contributed by atoms with Crippen LogP contribution in [0.15, 0.2) is 48.8 Å². The van der Waals surface area contributed by atoms with E-state index in [1.165, 1.54) is 0 Å². The van der Waals surface area contributed by atoms with Gasteiger partial charge in [-0.2, -0.15) is 0 Å². The fourth-order valence-electron chi connectivity index (χ4n) is 2.12. The molecular formula is C16H15N3O2. The van der Waals surface area contributed by atoms with E-state index in [2.05, 4.69) is 15.3 Å². The largest absolute Gasteiger partial charge is 0.392 e. The highest BCUT2D eigenvalue weighted by molar-refractivity contribution is 5.97. The molecule has 3 rings (SSSR count). The number of rotatable bonds is 4. The van der Waals surface area contributed by atoms with Gasteiger partial charge >= 0.3 is 0 Å². The van der Waals surface area contributed by atoms with Crippen LogP contribution >= 0.6 is 0 Å². The maximum atomic E-state index is 12.1. The van der Waals surface area contributed by atoms with Crippen molar-refractivity contribution in [2.75, 3.05) is 0 Å². The molecule has 0 spiro atoms. The normalized spacial score (nSPS) is 10.7. The zero-order valence-corrected chi connectivity index (χ0v) is 11.3. The van der Waals surface area contributed by atoms with Gasteiger partial charge in [-0.1, -0.05) is 24.3 Å². The Morgan fingerprint density at radius 2 is 1.90 bits per heavy atom. The maximum Gasteiger partial charge on any atom is 0.251 e. The van der Waals surface area contributed by atoms with E-state index in [1.807, 2.05) is 30.3 Å². The molecule has 0 aliphatic heterocycles. The molecule has 0 saturated heterocycles. The minimum atomic E-state index is -0.127. The highest BCUT2D eigenvalue weighted by Gasteiger charge is 2.07. The number of aliphatic hydroxyl groups excluding tert-OH is 1. The van der Waals surface area contributed by atoms with Gasteiger partial charge in [0, 0.05) is 12.1 Å². The van der Waals surface area contributed by atoms with Crippen molar-refractivity contribution in [3.8, 4) is 0 Å². The average Bonchev–Trinajstić information content (AvgIpc) is 3.00. The molecule has 0 aliphatic carbocycles. The summed E-state index contributed by atoms with van der Waals surface area (Å²) in [6, 6.07) is 12.8. The number of hydrogen-bond donors (Lipinski definition) is 3. The molecule has 1 amide bonds. The Bertz CT molecular complexity index is 763. The highest BCUT2D eigenvalue weighted by atomic mass is 16.3. The quantitative estimate of drug-likeness (QED) is 0.684. The van der Waals surface area contributed by atoms with Gasteiger partial charge in [0.15, 0.2) is 0 Å². The summed E-state index contributed by atoms with van der Waals surface area (Å²) in [6.07, 6.45) is 1.61. The zero-order chi connectivity index (χ0) is 14.7. The van der Waals surface area contributed by atoms with Crippen LogP contribution in [0.5, 0.6) is 0 Å². The average molecular weight is 281 g/mol. The summed E-state index contributed by atoms with van der Waals surface area (Å²) in [5.74, 6) is -0.127. The van der Waals surface area contributed by atoms with Crippen molar-refractivity contribution >= 4 is 16.9 Å². The zero-order valence-electron chi connectivity index (χ0n) is 11.3. The van der Waals surface area contributed by atoms with E-state index in [-0.39, 0.29) is 12.5 Å². The lowest BCUT2D eigenvalue weighted by molar-refractivity contribution is 0.0951. The number of carbonyl (C=O) groups is 1. The van der Waals surface area contributed by atoms with Crippen LogP contribution in [0.25, 0.3) is 11.0 Å². The Morgan fingerprint density at radius 3 is 2.67 bits per heavy atom. The second-order valence-electron chi connectivity index (χ2n) is 4.79. The van der Waals surface area contributed by atoms with E-state index in [1.54, 1.807) is 18.5 Å². The first-order valence-corrected chi connectivity index (χ1v) is 6.66. The Kier molecular flexibility index (Phi) is 3.66. The van der Waals surface area contributed by atoms with Crippen molar-refractivity contribution in [1.29, 1.82) is 0 Å². The van der Waals surface area contributed by atoms with Crippen molar-refractivity contribution in [2.24, 2.45) is 0 Å². The molecule has 0 aliphatic rings. The monoisotopic (exact) mass is 281 g/mol. The van der Waals surface area contributed by atoms with Crippen molar-refractivity contribution in [2.45, 2.75) is 13.2 Å². The number of benzene rings is 2. The molecule has 106 valence electrons. The number of nitrogens with zero attached hydrogens (tertiary/aromatic N) is 1. The second kappa shape index (κ2) is 5.76. The van der Waals surface area contributed by atoms with Crippen molar-refractivity contribution < 1.29 is 9.90 Å². The topological polar surface area (TPSA) is 78.0 Å². The third-order valence-electron chi connectivity index (χ3n) is 3.34. The van der Waals surface area contributed by atoms with E-state index in [0.717, 1.165) is 22.2 Å². The molecule has 21 heavy (non-hydrogen) atoms. The molecule has 3 N–H and O–H groups in total. The molecule has 1 aromatic heterocycles. The van der Waals surface area contributed by atoms with Crippen LogP contribution in [0.2, 0.25) is 0 Å². The molecule has 0 atom stereocenters. The number of carbonyl (C=O) groups excluding carboxylic acids is 1. The highest BCUT2D eigenvalue weighted by Crippen LogP contribution is 2.12. The van der Waals surface area contributed by atoms with Crippen LogP contribution in [0.1, 0.15) is 21.5 Å². The van der Waals surface area contributed by atoms with Gasteiger partial charge in [-0.25, -0.2) is 4.98 Å². The van der Waals surface area contributed by atoms with Gasteiger partial charge in [0.2, 0.25) is 0 Å². The Labute approximate surface area is 121 Å². The summed E-state index contributed by atoms with van der Waals surface area (Å²) in [4.78, 5) is 19.2. The first-order valence-electron chi connectivity index (χ1n) is 6.66. The molecule has 5 nitrogen and oxygen atoms in total. The molecule has 0 radical (unpaired) electrons. The lowest BCUT2D eigenvalue weighted by Crippen LogP contribution is -2.22. The van der Waals surface area contributed by atoms with E-state index >= 15 is 0 Å². The molecule has 0 fully saturated rings. The number of aliphatic hydroxyl groups is 1. The van der Waals surface area contributed by atoms with E-state index in [0.29, 0.717) is 12.1 Å². The molecule has 0 bridgehead atoms. The van der Waals surface area contributed by atoms with Gasteiger partial charge in [-0.05, 0) is 29.3 Å². The van der Waals surface area contributed by atoms with Gasteiger partial charge in [-0.15, -0.1) is 0 Å². The molecule has 1 heterocycles. The first kappa shape index (κ1) is 13.3. The number of nitrogens with one attached hydrogen (secondary N) is 2. The Hall–Kier alpha value is -2.66. The summed E-state index contributed by atoms with van der Waals surface area (Å²) in [5.41, 5.74) is 4.12. The third kappa shape index (κ3) is 2.93. The van der Waals surface area contributed by atoms with Crippen LogP contribution in [-0.2, 0) is 13.2 Å². The fraction of sp³-hybridized carbons (Fsp3) is 0.125.